The number of oxazole rings is 1. The molecule has 0 saturated heterocycles. The van der Waals surface area contributed by atoms with E-state index in [1.165, 1.54) is 0 Å². The number of benzene rings is 2. The monoisotopic (exact) mass is 347 g/mol. The highest BCUT2D eigenvalue weighted by atomic mass is 16.5. The summed E-state index contributed by atoms with van der Waals surface area (Å²) in [5, 5.41) is 11.6. The highest BCUT2D eigenvalue weighted by molar-refractivity contribution is 5.94. The number of hydrogen-bond donors (Lipinski definition) is 1. The van der Waals surface area contributed by atoms with Gasteiger partial charge in [-0.2, -0.15) is 5.26 Å². The second-order valence-electron chi connectivity index (χ2n) is 5.74. The molecule has 0 aliphatic heterocycles. The Morgan fingerprint density at radius 2 is 2.04 bits per heavy atom. The van der Waals surface area contributed by atoms with Crippen LogP contribution in [0.25, 0.3) is 11.5 Å². The van der Waals surface area contributed by atoms with E-state index in [1.807, 2.05) is 25.1 Å². The molecule has 0 radical (unpaired) electrons. The SMILES string of the molecule is Cc1cnc(-c2cccc(NC(=O)[C@H](C)Oc3ccc(C#N)cc3)c2)o1. The number of nitriles is 1. The number of ether oxygens (including phenoxy) is 1. The predicted molar refractivity (Wildman–Crippen MR) is 96.6 cm³/mol. The molecule has 3 aromatic rings. The molecule has 6 nitrogen and oxygen atoms in total. The number of nitrogens with one attached hydrogen (secondary N) is 1. The molecule has 0 aliphatic rings. The van der Waals surface area contributed by atoms with Gasteiger partial charge in [0.15, 0.2) is 6.10 Å². The molecular formula is C20H17N3O3. The van der Waals surface area contributed by atoms with Gasteiger partial charge in [0.25, 0.3) is 5.91 Å². The van der Waals surface area contributed by atoms with Gasteiger partial charge in [-0.3, -0.25) is 4.79 Å². The zero-order valence-corrected chi connectivity index (χ0v) is 14.4. The normalized spacial score (nSPS) is 11.4. The topological polar surface area (TPSA) is 88.1 Å². The molecule has 1 N–H and O–H groups in total. The van der Waals surface area contributed by atoms with Crippen molar-refractivity contribution in [3.05, 3.63) is 66.1 Å². The van der Waals surface area contributed by atoms with Crippen LogP contribution in [0.4, 0.5) is 5.69 Å². The molecule has 1 aromatic heterocycles. The van der Waals surface area contributed by atoms with E-state index in [0.29, 0.717) is 22.9 Å². The van der Waals surface area contributed by atoms with Crippen LogP contribution in [0.15, 0.2) is 59.1 Å². The van der Waals surface area contributed by atoms with E-state index in [4.69, 9.17) is 14.4 Å². The van der Waals surface area contributed by atoms with E-state index in [2.05, 4.69) is 10.3 Å². The number of rotatable bonds is 5. The van der Waals surface area contributed by atoms with Crippen LogP contribution in [-0.2, 0) is 4.79 Å². The molecule has 2 aromatic carbocycles. The summed E-state index contributed by atoms with van der Waals surface area (Å²) < 4.78 is 11.1. The van der Waals surface area contributed by atoms with Gasteiger partial charge in [0.05, 0.1) is 17.8 Å². The third kappa shape index (κ3) is 4.08. The Labute approximate surface area is 151 Å². The minimum atomic E-state index is -0.699. The lowest BCUT2D eigenvalue weighted by Gasteiger charge is -2.15. The van der Waals surface area contributed by atoms with Gasteiger partial charge in [0.2, 0.25) is 5.89 Å². The smallest absolute Gasteiger partial charge is 0.265 e. The van der Waals surface area contributed by atoms with Crippen molar-refractivity contribution in [3.63, 3.8) is 0 Å². The molecule has 6 heteroatoms. The molecule has 1 heterocycles. The summed E-state index contributed by atoms with van der Waals surface area (Å²) in [6.45, 7) is 3.49. The second-order valence-corrected chi connectivity index (χ2v) is 5.74. The molecule has 130 valence electrons. The predicted octanol–water partition coefficient (Wildman–Crippen LogP) is 3.93. The summed E-state index contributed by atoms with van der Waals surface area (Å²) in [6.07, 6.45) is 0.948. The molecule has 0 saturated carbocycles. The fourth-order valence-corrected chi connectivity index (χ4v) is 2.33. The molecule has 0 bridgehead atoms. The van der Waals surface area contributed by atoms with Gasteiger partial charge in [-0.05, 0) is 56.3 Å². The molecule has 1 amide bonds. The first-order chi connectivity index (χ1) is 12.5. The first-order valence-corrected chi connectivity index (χ1v) is 8.06. The minimum absolute atomic E-state index is 0.282. The lowest BCUT2D eigenvalue weighted by molar-refractivity contribution is -0.122. The largest absolute Gasteiger partial charge is 0.481 e. The Bertz CT molecular complexity index is 955. The number of nitrogens with zero attached hydrogens (tertiary/aromatic N) is 2. The Kier molecular flexibility index (Phi) is 4.99. The molecule has 0 unspecified atom stereocenters. The van der Waals surface area contributed by atoms with Crippen LogP contribution < -0.4 is 10.1 Å². The maximum atomic E-state index is 12.4. The summed E-state index contributed by atoms with van der Waals surface area (Å²) in [4.78, 5) is 16.5. The fourth-order valence-electron chi connectivity index (χ4n) is 2.33. The van der Waals surface area contributed by atoms with E-state index in [9.17, 15) is 4.79 Å². The first kappa shape index (κ1) is 17.2. The number of amides is 1. The quantitative estimate of drug-likeness (QED) is 0.755. The van der Waals surface area contributed by atoms with Crippen molar-refractivity contribution < 1.29 is 13.9 Å². The number of aromatic nitrogens is 1. The van der Waals surface area contributed by atoms with E-state index in [-0.39, 0.29) is 5.91 Å². The van der Waals surface area contributed by atoms with Gasteiger partial charge in [0.1, 0.15) is 11.5 Å². The Hall–Kier alpha value is -3.59. The summed E-state index contributed by atoms with van der Waals surface area (Å²) in [7, 11) is 0. The summed E-state index contributed by atoms with van der Waals surface area (Å²) >= 11 is 0. The van der Waals surface area contributed by atoms with Crippen LogP contribution in [-0.4, -0.2) is 17.0 Å². The molecular weight excluding hydrogens is 330 g/mol. The standard InChI is InChI=1S/C20H17N3O3/c1-13-12-22-20(25-13)16-4-3-5-17(10-16)23-19(24)14(2)26-18-8-6-15(11-21)7-9-18/h3-10,12,14H,1-2H3,(H,23,24)/t14-/m0/s1. The van der Waals surface area contributed by atoms with Crippen molar-refractivity contribution in [3.8, 4) is 23.3 Å². The molecule has 0 aliphatic carbocycles. The van der Waals surface area contributed by atoms with Crippen molar-refractivity contribution in [2.45, 2.75) is 20.0 Å². The summed E-state index contributed by atoms with van der Waals surface area (Å²) in [6, 6.07) is 15.9. The van der Waals surface area contributed by atoms with Crippen LogP contribution in [0.3, 0.4) is 0 Å². The highest BCUT2D eigenvalue weighted by Crippen LogP contribution is 2.22. The fraction of sp³-hybridized carbons (Fsp3) is 0.150. The van der Waals surface area contributed by atoms with E-state index in [0.717, 1.165) is 11.3 Å². The van der Waals surface area contributed by atoms with Gasteiger partial charge in [-0.25, -0.2) is 4.98 Å². The zero-order valence-electron chi connectivity index (χ0n) is 14.4. The Morgan fingerprint density at radius 1 is 1.27 bits per heavy atom. The van der Waals surface area contributed by atoms with Gasteiger partial charge < -0.3 is 14.5 Å². The van der Waals surface area contributed by atoms with Crippen molar-refractivity contribution in [1.82, 2.24) is 4.98 Å². The van der Waals surface area contributed by atoms with Gasteiger partial charge in [-0.1, -0.05) is 6.07 Å². The highest BCUT2D eigenvalue weighted by Gasteiger charge is 2.15. The van der Waals surface area contributed by atoms with Gasteiger partial charge in [-0.15, -0.1) is 0 Å². The zero-order chi connectivity index (χ0) is 18.5. The lowest BCUT2D eigenvalue weighted by Crippen LogP contribution is -2.30. The molecule has 3 rings (SSSR count). The van der Waals surface area contributed by atoms with E-state index >= 15 is 0 Å². The molecule has 0 spiro atoms. The Balaban J connectivity index is 1.66. The molecule has 0 fully saturated rings. The van der Waals surface area contributed by atoms with Crippen molar-refractivity contribution in [2.24, 2.45) is 0 Å². The Morgan fingerprint density at radius 3 is 2.69 bits per heavy atom. The maximum Gasteiger partial charge on any atom is 0.265 e. The van der Waals surface area contributed by atoms with E-state index in [1.54, 1.807) is 49.5 Å². The van der Waals surface area contributed by atoms with Crippen LogP contribution in [0.1, 0.15) is 18.2 Å². The minimum Gasteiger partial charge on any atom is -0.481 e. The second kappa shape index (κ2) is 7.53. The van der Waals surface area contributed by atoms with Crippen molar-refractivity contribution in [1.29, 1.82) is 5.26 Å². The number of carbonyl (C=O) groups excluding carboxylic acids is 1. The average molecular weight is 347 g/mol. The summed E-state index contributed by atoms with van der Waals surface area (Å²) in [5.74, 6) is 1.46. The van der Waals surface area contributed by atoms with Crippen LogP contribution in [0.5, 0.6) is 5.75 Å². The maximum absolute atomic E-state index is 12.4. The van der Waals surface area contributed by atoms with E-state index < -0.39 is 6.10 Å². The van der Waals surface area contributed by atoms with Gasteiger partial charge >= 0.3 is 0 Å². The van der Waals surface area contributed by atoms with Gasteiger partial charge in [0, 0.05) is 11.3 Å². The number of hydrogen-bond acceptors (Lipinski definition) is 5. The average Bonchev–Trinajstić information content (AvgIpc) is 3.09. The van der Waals surface area contributed by atoms with Crippen LogP contribution in [0, 0.1) is 18.3 Å². The lowest BCUT2D eigenvalue weighted by atomic mass is 10.2. The van der Waals surface area contributed by atoms with Crippen molar-refractivity contribution in [2.75, 3.05) is 5.32 Å². The third-order valence-electron chi connectivity index (χ3n) is 3.66. The van der Waals surface area contributed by atoms with Crippen LogP contribution in [0.2, 0.25) is 0 Å². The first-order valence-electron chi connectivity index (χ1n) is 8.06. The number of anilines is 1. The third-order valence-corrected chi connectivity index (χ3v) is 3.66. The number of aryl methyl sites for hydroxylation is 1. The number of carbonyl (C=O) groups is 1. The summed E-state index contributed by atoms with van der Waals surface area (Å²) in [5.41, 5.74) is 1.93. The van der Waals surface area contributed by atoms with Crippen LogP contribution >= 0.6 is 0 Å². The molecule has 26 heavy (non-hydrogen) atoms. The molecule has 1 atom stereocenters. The van der Waals surface area contributed by atoms with Crippen molar-refractivity contribution >= 4 is 11.6 Å².